The second-order valence-corrected chi connectivity index (χ2v) is 1.71. The molecule has 0 aliphatic carbocycles. The van der Waals surface area contributed by atoms with E-state index in [1.165, 1.54) is 0 Å². The van der Waals surface area contributed by atoms with E-state index in [1.54, 1.807) is 12.4 Å². The van der Waals surface area contributed by atoms with Crippen molar-refractivity contribution >= 4 is 6.21 Å². The lowest BCUT2D eigenvalue weighted by molar-refractivity contribution is 1.38. The second kappa shape index (κ2) is 7.93. The minimum atomic E-state index is 0.937. The molecular formula is C9H13N. The third-order valence-electron chi connectivity index (χ3n) is 0.906. The number of hydrogen-bond acceptors (Lipinski definition) is 1. The molecular weight excluding hydrogens is 122 g/mol. The SMILES string of the molecule is CC=NC=C=CC/C=C\C. The molecule has 0 spiro atoms. The predicted molar refractivity (Wildman–Crippen MR) is 46.3 cm³/mol. The molecule has 0 rings (SSSR count). The van der Waals surface area contributed by atoms with E-state index in [0.29, 0.717) is 0 Å². The third kappa shape index (κ3) is 6.93. The van der Waals surface area contributed by atoms with Gasteiger partial charge >= 0.3 is 0 Å². The first-order valence-electron chi connectivity index (χ1n) is 3.40. The van der Waals surface area contributed by atoms with Crippen LogP contribution in [-0.2, 0) is 0 Å². The molecule has 10 heavy (non-hydrogen) atoms. The summed E-state index contributed by atoms with van der Waals surface area (Å²) >= 11 is 0. The van der Waals surface area contributed by atoms with Crippen LogP contribution in [0.4, 0.5) is 0 Å². The van der Waals surface area contributed by atoms with E-state index >= 15 is 0 Å². The summed E-state index contributed by atoms with van der Waals surface area (Å²) in [6.45, 7) is 3.88. The highest BCUT2D eigenvalue weighted by molar-refractivity contribution is 5.54. The fourth-order valence-electron chi connectivity index (χ4n) is 0.442. The van der Waals surface area contributed by atoms with Crippen LogP contribution in [0.25, 0.3) is 0 Å². The molecule has 0 atom stereocenters. The van der Waals surface area contributed by atoms with Gasteiger partial charge in [-0.05, 0) is 26.3 Å². The van der Waals surface area contributed by atoms with Gasteiger partial charge < -0.3 is 0 Å². The van der Waals surface area contributed by atoms with Crippen LogP contribution in [0.2, 0.25) is 0 Å². The van der Waals surface area contributed by atoms with Crippen LogP contribution in [0.5, 0.6) is 0 Å². The Labute approximate surface area is 62.5 Å². The number of allylic oxidation sites excluding steroid dienone is 3. The topological polar surface area (TPSA) is 12.4 Å². The van der Waals surface area contributed by atoms with E-state index in [2.05, 4.69) is 16.8 Å². The minimum Gasteiger partial charge on any atom is -0.261 e. The molecule has 0 aliphatic heterocycles. The Kier molecular flexibility index (Phi) is 7.08. The molecule has 0 unspecified atom stereocenters. The smallest absolute Gasteiger partial charge is 0.0679 e. The zero-order valence-electron chi connectivity index (χ0n) is 6.54. The maximum absolute atomic E-state index is 3.85. The molecule has 0 aromatic heterocycles. The standard InChI is InChI=1S/C9H13N/c1-3-5-6-7-8-9-10-4-2/h3-5,7,9H,6H2,1-2H3/b5-3-,10-4?. The average Bonchev–Trinajstić information content (AvgIpc) is 1.97. The summed E-state index contributed by atoms with van der Waals surface area (Å²) < 4.78 is 0. The summed E-state index contributed by atoms with van der Waals surface area (Å²) in [6.07, 6.45) is 10.3. The average molecular weight is 135 g/mol. The monoisotopic (exact) mass is 135 g/mol. The van der Waals surface area contributed by atoms with Crippen LogP contribution >= 0.6 is 0 Å². The van der Waals surface area contributed by atoms with E-state index in [9.17, 15) is 0 Å². The van der Waals surface area contributed by atoms with Crippen LogP contribution in [0.1, 0.15) is 20.3 Å². The fourth-order valence-corrected chi connectivity index (χ4v) is 0.442. The number of nitrogens with zero attached hydrogens (tertiary/aromatic N) is 1. The van der Waals surface area contributed by atoms with E-state index in [-0.39, 0.29) is 0 Å². The molecule has 0 aromatic carbocycles. The van der Waals surface area contributed by atoms with Gasteiger partial charge in [0, 0.05) is 6.21 Å². The van der Waals surface area contributed by atoms with Gasteiger partial charge in [-0.3, -0.25) is 4.99 Å². The maximum atomic E-state index is 3.85. The highest BCUT2D eigenvalue weighted by atomic mass is 14.6. The zero-order chi connectivity index (χ0) is 7.66. The Morgan fingerprint density at radius 1 is 1.40 bits per heavy atom. The van der Waals surface area contributed by atoms with Gasteiger partial charge in [-0.15, -0.1) is 5.73 Å². The largest absolute Gasteiger partial charge is 0.261 e. The molecule has 0 aromatic rings. The lowest BCUT2D eigenvalue weighted by Crippen LogP contribution is -1.53. The van der Waals surface area contributed by atoms with E-state index in [4.69, 9.17) is 0 Å². The summed E-state index contributed by atoms with van der Waals surface area (Å²) in [6, 6.07) is 0. The van der Waals surface area contributed by atoms with Gasteiger partial charge in [-0.1, -0.05) is 12.2 Å². The molecule has 0 saturated carbocycles. The van der Waals surface area contributed by atoms with Crippen molar-refractivity contribution in [3.63, 3.8) is 0 Å². The van der Waals surface area contributed by atoms with E-state index in [1.807, 2.05) is 26.0 Å². The quantitative estimate of drug-likeness (QED) is 0.320. The Balaban J connectivity index is 3.54. The van der Waals surface area contributed by atoms with Crippen molar-refractivity contribution in [3.05, 3.63) is 30.2 Å². The number of aliphatic imine (C=N–C) groups is 1. The van der Waals surface area contributed by atoms with Crippen LogP contribution < -0.4 is 0 Å². The molecule has 0 radical (unpaired) electrons. The second-order valence-electron chi connectivity index (χ2n) is 1.71. The van der Waals surface area contributed by atoms with E-state index < -0.39 is 0 Å². The van der Waals surface area contributed by atoms with Crippen LogP contribution in [-0.4, -0.2) is 6.21 Å². The summed E-state index contributed by atoms with van der Waals surface area (Å²) in [5, 5.41) is 0. The van der Waals surface area contributed by atoms with Crippen molar-refractivity contribution in [2.24, 2.45) is 4.99 Å². The van der Waals surface area contributed by atoms with Crippen molar-refractivity contribution in [3.8, 4) is 0 Å². The lowest BCUT2D eigenvalue weighted by Gasteiger charge is -1.72. The first-order valence-corrected chi connectivity index (χ1v) is 3.40. The fraction of sp³-hybridized carbons (Fsp3) is 0.333. The van der Waals surface area contributed by atoms with Crippen molar-refractivity contribution in [2.75, 3.05) is 0 Å². The van der Waals surface area contributed by atoms with E-state index in [0.717, 1.165) is 6.42 Å². The van der Waals surface area contributed by atoms with Crippen LogP contribution in [0, 0.1) is 0 Å². The van der Waals surface area contributed by atoms with Gasteiger partial charge in [0.05, 0.1) is 6.20 Å². The number of hydrogen-bond donors (Lipinski definition) is 0. The van der Waals surface area contributed by atoms with Crippen LogP contribution in [0.15, 0.2) is 35.2 Å². The molecule has 1 heteroatoms. The minimum absolute atomic E-state index is 0.937. The van der Waals surface area contributed by atoms with Crippen molar-refractivity contribution in [2.45, 2.75) is 20.3 Å². The molecule has 0 saturated heterocycles. The first-order chi connectivity index (χ1) is 4.91. The number of rotatable bonds is 3. The van der Waals surface area contributed by atoms with Gasteiger partial charge in [0.2, 0.25) is 0 Å². The molecule has 0 amide bonds. The van der Waals surface area contributed by atoms with Crippen molar-refractivity contribution in [1.82, 2.24) is 0 Å². The van der Waals surface area contributed by atoms with Crippen molar-refractivity contribution in [1.29, 1.82) is 0 Å². The molecule has 0 bridgehead atoms. The van der Waals surface area contributed by atoms with Gasteiger partial charge in [0.25, 0.3) is 0 Å². The molecule has 0 fully saturated rings. The molecule has 54 valence electrons. The highest BCUT2D eigenvalue weighted by Gasteiger charge is 1.62. The normalized spacial score (nSPS) is 10.2. The van der Waals surface area contributed by atoms with Gasteiger partial charge in [-0.25, -0.2) is 0 Å². The predicted octanol–water partition coefficient (Wildman–Crippen LogP) is 2.71. The summed E-state index contributed by atoms with van der Waals surface area (Å²) in [5.74, 6) is 0. The third-order valence-corrected chi connectivity index (χ3v) is 0.906. The first kappa shape index (κ1) is 8.93. The van der Waals surface area contributed by atoms with Crippen molar-refractivity contribution < 1.29 is 0 Å². The van der Waals surface area contributed by atoms with Crippen LogP contribution in [0.3, 0.4) is 0 Å². The zero-order valence-corrected chi connectivity index (χ0v) is 6.54. The summed E-state index contributed by atoms with van der Waals surface area (Å²) in [5.41, 5.74) is 2.92. The summed E-state index contributed by atoms with van der Waals surface area (Å²) in [7, 11) is 0. The molecule has 0 heterocycles. The summed E-state index contributed by atoms with van der Waals surface area (Å²) in [4.78, 5) is 3.85. The molecule has 0 aliphatic rings. The Hall–Kier alpha value is -1.07. The Morgan fingerprint density at radius 2 is 2.20 bits per heavy atom. The highest BCUT2D eigenvalue weighted by Crippen LogP contribution is 1.82. The van der Waals surface area contributed by atoms with Gasteiger partial charge in [0.1, 0.15) is 0 Å². The Morgan fingerprint density at radius 3 is 2.80 bits per heavy atom. The maximum Gasteiger partial charge on any atom is 0.0679 e. The molecule has 1 nitrogen and oxygen atoms in total. The van der Waals surface area contributed by atoms with Gasteiger partial charge in [-0.2, -0.15) is 0 Å². The Bertz CT molecular complexity index is 169. The molecule has 0 N–H and O–H groups in total. The lowest BCUT2D eigenvalue weighted by atomic mass is 10.4. The van der Waals surface area contributed by atoms with Gasteiger partial charge in [0.15, 0.2) is 0 Å².